The Kier molecular flexibility index (Phi) is 5.98. The van der Waals surface area contributed by atoms with Crippen molar-refractivity contribution in [3.8, 4) is 45.3 Å². The molecular weight excluding hydrogens is 635 g/mol. The molecule has 11 rings (SSSR count). The van der Waals surface area contributed by atoms with E-state index in [1.54, 1.807) is 0 Å². The van der Waals surface area contributed by atoms with Crippen molar-refractivity contribution in [1.29, 1.82) is 0 Å². The molecule has 1 aliphatic carbocycles. The second-order valence-corrected chi connectivity index (χ2v) is 14.4. The average molecular weight is 666 g/mol. The molecule has 8 aromatic carbocycles. The number of fused-ring (bicyclic) bond motifs is 11. The van der Waals surface area contributed by atoms with Gasteiger partial charge in [0.1, 0.15) is 11.2 Å². The third kappa shape index (κ3) is 4.24. The lowest BCUT2D eigenvalue weighted by molar-refractivity contribution is 0.661. The molecule has 2 aromatic heterocycles. The molecule has 1 aliphatic rings. The minimum atomic E-state index is -0.0391. The van der Waals surface area contributed by atoms with Gasteiger partial charge >= 0.3 is 0 Å². The molecule has 0 saturated carbocycles. The molecular formula is C48H31N3O. The lowest BCUT2D eigenvalue weighted by Crippen LogP contribution is -2.14. The molecule has 4 heteroatoms. The summed E-state index contributed by atoms with van der Waals surface area (Å²) in [5, 5.41) is 9.57. The van der Waals surface area contributed by atoms with E-state index in [2.05, 4.69) is 111 Å². The van der Waals surface area contributed by atoms with E-state index >= 15 is 0 Å². The average Bonchev–Trinajstić information content (AvgIpc) is 3.68. The molecule has 0 amide bonds. The van der Waals surface area contributed by atoms with Gasteiger partial charge < -0.3 is 4.42 Å². The normalized spacial score (nSPS) is 13.3. The van der Waals surface area contributed by atoms with Gasteiger partial charge in [-0.15, -0.1) is 0 Å². The molecule has 10 aromatic rings. The standard InChI is InChI=1S/C48H31N3O/c1-48(2)40-14-8-6-12-35(40)39-27-38-31(25-41(39)48)19-17-28-16-18-30-24-32(20-22-34(30)44(28)38)46-49-45(29-10-4-3-5-11-29)50-47(51-46)33-21-23-37-36-13-7-9-15-42(36)52-43(37)26-33/h3-27H,1-2H3. The number of furan rings is 1. The summed E-state index contributed by atoms with van der Waals surface area (Å²) in [4.78, 5) is 15.1. The molecule has 0 N–H and O–H groups in total. The highest BCUT2D eigenvalue weighted by molar-refractivity contribution is 6.21. The van der Waals surface area contributed by atoms with Crippen molar-refractivity contribution in [2.75, 3.05) is 0 Å². The van der Waals surface area contributed by atoms with E-state index in [0.29, 0.717) is 17.5 Å². The van der Waals surface area contributed by atoms with Crippen LogP contribution in [0, 0.1) is 0 Å². The molecule has 0 aliphatic heterocycles. The number of hydrogen-bond donors (Lipinski definition) is 0. The van der Waals surface area contributed by atoms with Gasteiger partial charge in [0.15, 0.2) is 17.5 Å². The molecule has 2 heterocycles. The smallest absolute Gasteiger partial charge is 0.164 e. The molecule has 0 radical (unpaired) electrons. The summed E-state index contributed by atoms with van der Waals surface area (Å²) < 4.78 is 6.24. The summed E-state index contributed by atoms with van der Waals surface area (Å²) in [5.74, 6) is 1.87. The fourth-order valence-corrected chi connectivity index (χ4v) is 8.44. The Balaban J connectivity index is 1.09. The van der Waals surface area contributed by atoms with Crippen LogP contribution in [0.4, 0.5) is 0 Å². The lowest BCUT2D eigenvalue weighted by Gasteiger charge is -2.22. The minimum absolute atomic E-state index is 0.0391. The largest absolute Gasteiger partial charge is 0.456 e. The van der Waals surface area contributed by atoms with Crippen LogP contribution in [-0.4, -0.2) is 15.0 Å². The Morgan fingerprint density at radius 2 is 1.02 bits per heavy atom. The quantitative estimate of drug-likeness (QED) is 0.176. The van der Waals surface area contributed by atoms with E-state index in [1.807, 2.05) is 54.6 Å². The lowest BCUT2D eigenvalue weighted by atomic mass is 9.81. The van der Waals surface area contributed by atoms with Crippen molar-refractivity contribution in [2.45, 2.75) is 19.3 Å². The molecule has 0 spiro atoms. The second kappa shape index (κ2) is 10.7. The fourth-order valence-electron chi connectivity index (χ4n) is 8.44. The highest BCUT2D eigenvalue weighted by atomic mass is 16.3. The van der Waals surface area contributed by atoms with E-state index < -0.39 is 0 Å². The van der Waals surface area contributed by atoms with Gasteiger partial charge in [0.2, 0.25) is 0 Å². The first-order valence-corrected chi connectivity index (χ1v) is 17.8. The maximum absolute atomic E-state index is 6.24. The van der Waals surface area contributed by atoms with Crippen molar-refractivity contribution < 1.29 is 4.42 Å². The van der Waals surface area contributed by atoms with E-state index in [4.69, 9.17) is 19.4 Å². The molecule has 244 valence electrons. The fraction of sp³-hybridized carbons (Fsp3) is 0.0625. The van der Waals surface area contributed by atoms with Gasteiger partial charge in [-0.05, 0) is 91.0 Å². The third-order valence-corrected chi connectivity index (χ3v) is 11.1. The number of aromatic nitrogens is 3. The van der Waals surface area contributed by atoms with Crippen molar-refractivity contribution in [2.24, 2.45) is 0 Å². The number of benzene rings is 8. The van der Waals surface area contributed by atoms with Gasteiger partial charge in [0, 0.05) is 32.9 Å². The molecule has 0 saturated heterocycles. The number of nitrogens with zero attached hydrogens (tertiary/aromatic N) is 3. The van der Waals surface area contributed by atoms with E-state index in [1.165, 1.54) is 49.2 Å². The van der Waals surface area contributed by atoms with Gasteiger partial charge in [-0.2, -0.15) is 0 Å². The van der Waals surface area contributed by atoms with Crippen LogP contribution in [0.3, 0.4) is 0 Å². The van der Waals surface area contributed by atoms with E-state index in [-0.39, 0.29) is 5.41 Å². The number of hydrogen-bond acceptors (Lipinski definition) is 4. The van der Waals surface area contributed by atoms with Crippen molar-refractivity contribution in [1.82, 2.24) is 15.0 Å². The van der Waals surface area contributed by atoms with Gasteiger partial charge in [-0.3, -0.25) is 0 Å². The molecule has 0 fully saturated rings. The van der Waals surface area contributed by atoms with Gasteiger partial charge in [0.05, 0.1) is 0 Å². The zero-order valence-corrected chi connectivity index (χ0v) is 28.7. The van der Waals surface area contributed by atoms with Crippen LogP contribution < -0.4 is 0 Å². The van der Waals surface area contributed by atoms with Crippen LogP contribution in [-0.2, 0) is 5.41 Å². The highest BCUT2D eigenvalue weighted by Crippen LogP contribution is 2.50. The van der Waals surface area contributed by atoms with Crippen LogP contribution in [0.1, 0.15) is 25.0 Å². The Bertz CT molecular complexity index is 3100. The Morgan fingerprint density at radius 1 is 0.404 bits per heavy atom. The monoisotopic (exact) mass is 665 g/mol. The molecule has 0 unspecified atom stereocenters. The van der Waals surface area contributed by atoms with Gasteiger partial charge in [-0.1, -0.05) is 129 Å². The zero-order chi connectivity index (χ0) is 34.6. The van der Waals surface area contributed by atoms with Crippen molar-refractivity contribution in [3.05, 3.63) is 163 Å². The number of rotatable bonds is 3. The Labute approximate surface area is 300 Å². The van der Waals surface area contributed by atoms with Crippen LogP contribution in [0.5, 0.6) is 0 Å². The third-order valence-electron chi connectivity index (χ3n) is 11.1. The molecule has 0 atom stereocenters. The first kappa shape index (κ1) is 29.1. The maximum atomic E-state index is 6.24. The van der Waals surface area contributed by atoms with Crippen LogP contribution in [0.2, 0.25) is 0 Å². The maximum Gasteiger partial charge on any atom is 0.164 e. The first-order valence-electron chi connectivity index (χ1n) is 17.8. The topological polar surface area (TPSA) is 51.8 Å². The molecule has 4 nitrogen and oxygen atoms in total. The summed E-state index contributed by atoms with van der Waals surface area (Å²) in [5.41, 5.74) is 9.85. The second-order valence-electron chi connectivity index (χ2n) is 14.4. The van der Waals surface area contributed by atoms with Gasteiger partial charge in [0.25, 0.3) is 0 Å². The molecule has 52 heavy (non-hydrogen) atoms. The van der Waals surface area contributed by atoms with Crippen LogP contribution in [0.25, 0.3) is 99.5 Å². The minimum Gasteiger partial charge on any atom is -0.456 e. The highest BCUT2D eigenvalue weighted by Gasteiger charge is 2.35. The van der Waals surface area contributed by atoms with E-state index in [0.717, 1.165) is 44.0 Å². The summed E-state index contributed by atoms with van der Waals surface area (Å²) in [6, 6.07) is 53.8. The summed E-state index contributed by atoms with van der Waals surface area (Å²) >= 11 is 0. The SMILES string of the molecule is CC1(C)c2ccccc2-c2cc3c(ccc4ccc5cc(-c6nc(-c7ccccc7)nc(-c7ccc8c(c7)oc7ccccc78)n6)ccc5c43)cc21. The zero-order valence-electron chi connectivity index (χ0n) is 28.7. The predicted octanol–water partition coefficient (Wildman–Crippen LogP) is 12.5. The van der Waals surface area contributed by atoms with Crippen molar-refractivity contribution in [3.63, 3.8) is 0 Å². The number of para-hydroxylation sites is 1. The van der Waals surface area contributed by atoms with Crippen LogP contribution >= 0.6 is 0 Å². The Hall–Kier alpha value is -6.65. The van der Waals surface area contributed by atoms with Crippen molar-refractivity contribution >= 4 is 54.3 Å². The predicted molar refractivity (Wildman–Crippen MR) is 213 cm³/mol. The Morgan fingerprint density at radius 3 is 1.83 bits per heavy atom. The summed E-state index contributed by atoms with van der Waals surface area (Å²) in [7, 11) is 0. The summed E-state index contributed by atoms with van der Waals surface area (Å²) in [6.07, 6.45) is 0. The molecule has 0 bridgehead atoms. The first-order chi connectivity index (χ1) is 25.5. The van der Waals surface area contributed by atoms with Crippen LogP contribution in [0.15, 0.2) is 156 Å². The summed E-state index contributed by atoms with van der Waals surface area (Å²) in [6.45, 7) is 4.68. The van der Waals surface area contributed by atoms with Gasteiger partial charge in [-0.25, -0.2) is 15.0 Å². The van der Waals surface area contributed by atoms with E-state index in [9.17, 15) is 0 Å².